The number of anilines is 2. The monoisotopic (exact) mass is 457 g/mol. The lowest BCUT2D eigenvalue weighted by Gasteiger charge is -2.47. The number of hydrogen-bond acceptors (Lipinski definition) is 4. The summed E-state index contributed by atoms with van der Waals surface area (Å²) in [7, 11) is 0. The predicted molar refractivity (Wildman–Crippen MR) is 135 cm³/mol. The molecule has 1 fully saturated rings. The molecule has 2 heterocycles. The van der Waals surface area contributed by atoms with Crippen molar-refractivity contribution in [2.75, 3.05) is 49.1 Å². The third kappa shape index (κ3) is 5.05. The van der Waals surface area contributed by atoms with Crippen LogP contribution in [0.4, 0.5) is 11.4 Å². The molecule has 5 nitrogen and oxygen atoms in total. The highest BCUT2D eigenvalue weighted by Crippen LogP contribution is 2.44. The second kappa shape index (κ2) is 10.1. The molecule has 0 spiro atoms. The summed E-state index contributed by atoms with van der Waals surface area (Å²) in [4.78, 5) is 20.3. The zero-order valence-electron chi connectivity index (χ0n) is 19.7. The zero-order chi connectivity index (χ0) is 22.0. The molecular weight excluding hydrogens is 422 g/mol. The van der Waals surface area contributed by atoms with Crippen LogP contribution in [0.2, 0.25) is 0 Å². The van der Waals surface area contributed by atoms with E-state index in [-0.39, 0.29) is 23.9 Å². The van der Waals surface area contributed by atoms with Gasteiger partial charge in [-0.3, -0.25) is 9.69 Å². The van der Waals surface area contributed by atoms with E-state index in [0.29, 0.717) is 19.1 Å². The summed E-state index contributed by atoms with van der Waals surface area (Å²) in [5.74, 6) is 1.47. The van der Waals surface area contributed by atoms with Gasteiger partial charge in [-0.15, -0.1) is 12.4 Å². The summed E-state index contributed by atoms with van der Waals surface area (Å²) in [6, 6.07) is 16.7. The number of nitrogens with zero attached hydrogens (tertiary/aromatic N) is 3. The van der Waals surface area contributed by atoms with Gasteiger partial charge in [-0.25, -0.2) is 0 Å². The Bertz CT molecular complexity index is 911. The van der Waals surface area contributed by atoms with Crippen LogP contribution >= 0.6 is 12.4 Å². The highest BCUT2D eigenvalue weighted by molar-refractivity contribution is 5.97. The van der Waals surface area contributed by atoms with E-state index in [1.54, 1.807) is 0 Å². The molecule has 0 aliphatic carbocycles. The van der Waals surface area contributed by atoms with Crippen LogP contribution in [0.5, 0.6) is 5.75 Å². The van der Waals surface area contributed by atoms with E-state index in [4.69, 9.17) is 4.74 Å². The molecule has 0 saturated carbocycles. The van der Waals surface area contributed by atoms with E-state index in [9.17, 15) is 4.79 Å². The lowest BCUT2D eigenvalue weighted by Crippen LogP contribution is -2.56. The molecule has 2 aliphatic rings. The van der Waals surface area contributed by atoms with E-state index in [0.717, 1.165) is 44.0 Å². The summed E-state index contributed by atoms with van der Waals surface area (Å²) in [6.45, 7) is 13.5. The number of carbonyl (C=O) groups excluding carboxylic acids is 1. The highest BCUT2D eigenvalue weighted by atomic mass is 35.5. The number of hydrogen-bond donors (Lipinski definition) is 0. The Hall–Kier alpha value is -2.24. The van der Waals surface area contributed by atoms with Crippen LogP contribution in [-0.4, -0.2) is 55.7 Å². The minimum absolute atomic E-state index is 0. The van der Waals surface area contributed by atoms with Crippen molar-refractivity contribution in [2.45, 2.75) is 45.6 Å². The SMILES string of the molecule is CCOc1ccc2c(c1)C(C)CC(C)(C)N2C(=O)CN1CCN(c2ccccc2)CC1.Cl. The number of para-hydroxylation sites is 1. The van der Waals surface area contributed by atoms with E-state index in [1.807, 2.05) is 17.9 Å². The second-order valence-electron chi connectivity index (χ2n) is 9.40. The molecule has 2 aliphatic heterocycles. The normalized spacial score (nSPS) is 20.3. The largest absolute Gasteiger partial charge is 0.494 e. The first kappa shape index (κ1) is 24.4. The Morgan fingerprint density at radius 2 is 1.75 bits per heavy atom. The van der Waals surface area contributed by atoms with E-state index in [1.165, 1.54) is 11.3 Å². The first-order valence-corrected chi connectivity index (χ1v) is 11.5. The van der Waals surface area contributed by atoms with Crippen molar-refractivity contribution >= 4 is 29.7 Å². The number of carbonyl (C=O) groups is 1. The quantitative estimate of drug-likeness (QED) is 0.636. The Morgan fingerprint density at radius 1 is 1.06 bits per heavy atom. The van der Waals surface area contributed by atoms with Gasteiger partial charge in [0.2, 0.25) is 5.91 Å². The van der Waals surface area contributed by atoms with Crippen LogP contribution in [0.3, 0.4) is 0 Å². The number of benzene rings is 2. The standard InChI is InChI=1S/C26H35N3O2.ClH/c1-5-31-22-11-12-24-23(17-22)20(2)18-26(3,4)29(24)25(30)19-27-13-15-28(16-14-27)21-9-7-6-8-10-21;/h6-12,17,20H,5,13-16,18-19H2,1-4H3;1H. The van der Waals surface area contributed by atoms with Gasteiger partial charge in [0.15, 0.2) is 0 Å². The van der Waals surface area contributed by atoms with Crippen molar-refractivity contribution in [3.8, 4) is 5.75 Å². The van der Waals surface area contributed by atoms with Gasteiger partial charge in [-0.2, -0.15) is 0 Å². The molecule has 0 bridgehead atoms. The average molecular weight is 458 g/mol. The second-order valence-corrected chi connectivity index (χ2v) is 9.40. The molecule has 174 valence electrons. The number of fused-ring (bicyclic) bond motifs is 1. The van der Waals surface area contributed by atoms with Gasteiger partial charge in [0.25, 0.3) is 0 Å². The van der Waals surface area contributed by atoms with E-state index >= 15 is 0 Å². The lowest BCUT2D eigenvalue weighted by molar-refractivity contribution is -0.121. The van der Waals surface area contributed by atoms with Crippen LogP contribution < -0.4 is 14.5 Å². The van der Waals surface area contributed by atoms with Crippen LogP contribution in [0.15, 0.2) is 48.5 Å². The van der Waals surface area contributed by atoms with Crippen molar-refractivity contribution in [1.82, 2.24) is 4.90 Å². The predicted octanol–water partition coefficient (Wildman–Crippen LogP) is 4.95. The van der Waals surface area contributed by atoms with Crippen molar-refractivity contribution in [2.24, 2.45) is 0 Å². The molecular formula is C26H36ClN3O2. The minimum atomic E-state index is -0.206. The van der Waals surface area contributed by atoms with Crippen LogP contribution in [-0.2, 0) is 4.79 Å². The maximum absolute atomic E-state index is 13.6. The van der Waals surface area contributed by atoms with Gasteiger partial charge >= 0.3 is 0 Å². The first-order chi connectivity index (χ1) is 14.9. The molecule has 6 heteroatoms. The molecule has 2 aromatic carbocycles. The Kier molecular flexibility index (Phi) is 7.73. The highest BCUT2D eigenvalue weighted by Gasteiger charge is 2.40. The van der Waals surface area contributed by atoms with Crippen molar-refractivity contribution < 1.29 is 9.53 Å². The van der Waals surface area contributed by atoms with Crippen molar-refractivity contribution in [1.29, 1.82) is 0 Å². The summed E-state index contributed by atoms with van der Waals surface area (Å²) < 4.78 is 5.72. The molecule has 32 heavy (non-hydrogen) atoms. The van der Waals surface area contributed by atoms with Crippen molar-refractivity contribution in [3.05, 3.63) is 54.1 Å². The number of ether oxygens (including phenoxy) is 1. The molecule has 1 atom stereocenters. The van der Waals surface area contributed by atoms with Gasteiger partial charge in [-0.1, -0.05) is 25.1 Å². The molecule has 0 N–H and O–H groups in total. The van der Waals surface area contributed by atoms with Gasteiger partial charge in [0.05, 0.1) is 13.2 Å². The summed E-state index contributed by atoms with van der Waals surface area (Å²) in [6.07, 6.45) is 0.948. The molecule has 2 aromatic rings. The van der Waals surface area contributed by atoms with Gasteiger partial charge in [0, 0.05) is 43.1 Å². The average Bonchev–Trinajstić information content (AvgIpc) is 2.75. The summed E-state index contributed by atoms with van der Waals surface area (Å²) in [5, 5.41) is 0. The fourth-order valence-electron chi connectivity index (χ4n) is 5.20. The topological polar surface area (TPSA) is 36.0 Å². The van der Waals surface area contributed by atoms with E-state index in [2.05, 4.69) is 73.0 Å². The summed E-state index contributed by atoms with van der Waals surface area (Å²) in [5.41, 5.74) is 3.31. The fraction of sp³-hybridized carbons (Fsp3) is 0.500. The summed E-state index contributed by atoms with van der Waals surface area (Å²) >= 11 is 0. The molecule has 1 unspecified atom stereocenters. The zero-order valence-corrected chi connectivity index (χ0v) is 20.5. The van der Waals surface area contributed by atoms with Crippen LogP contribution in [0.25, 0.3) is 0 Å². The number of rotatable bonds is 5. The molecule has 1 amide bonds. The maximum Gasteiger partial charge on any atom is 0.241 e. The Morgan fingerprint density at radius 3 is 2.41 bits per heavy atom. The third-order valence-corrected chi connectivity index (χ3v) is 6.59. The molecule has 0 aromatic heterocycles. The maximum atomic E-state index is 13.6. The van der Waals surface area contributed by atoms with Crippen LogP contribution in [0, 0.1) is 0 Å². The third-order valence-electron chi connectivity index (χ3n) is 6.59. The lowest BCUT2D eigenvalue weighted by atomic mass is 9.80. The molecule has 0 radical (unpaired) electrons. The van der Waals surface area contributed by atoms with E-state index < -0.39 is 0 Å². The number of amides is 1. The number of halogens is 1. The molecule has 1 saturated heterocycles. The Labute approximate surface area is 198 Å². The smallest absolute Gasteiger partial charge is 0.241 e. The van der Waals surface area contributed by atoms with Gasteiger partial charge < -0.3 is 14.5 Å². The number of piperazine rings is 1. The van der Waals surface area contributed by atoms with Gasteiger partial charge in [-0.05, 0) is 69.0 Å². The fourth-order valence-corrected chi connectivity index (χ4v) is 5.20. The minimum Gasteiger partial charge on any atom is -0.494 e. The molecule has 4 rings (SSSR count). The van der Waals surface area contributed by atoms with Crippen LogP contribution in [0.1, 0.15) is 45.6 Å². The van der Waals surface area contributed by atoms with Crippen molar-refractivity contribution in [3.63, 3.8) is 0 Å². The first-order valence-electron chi connectivity index (χ1n) is 11.5. The Balaban J connectivity index is 0.00000289. The van der Waals surface area contributed by atoms with Gasteiger partial charge in [0.1, 0.15) is 5.75 Å².